The van der Waals surface area contributed by atoms with Crippen LogP contribution in [0.3, 0.4) is 0 Å². The Hall–Kier alpha value is -2.31. The SMILES string of the molecule is [2H]C([2H])([2H])N1C[C@H](NC(=O)N(CC)OC)C=C2c3cccc4[nH]cc(c34)C[C@H]21. The van der Waals surface area contributed by atoms with E-state index >= 15 is 0 Å². The highest BCUT2D eigenvalue weighted by Gasteiger charge is 2.34. The maximum atomic E-state index is 12.4. The average molecular weight is 343 g/mol. The summed E-state index contributed by atoms with van der Waals surface area (Å²) in [6.07, 6.45) is 4.59. The van der Waals surface area contributed by atoms with Gasteiger partial charge in [0.15, 0.2) is 0 Å². The van der Waals surface area contributed by atoms with Gasteiger partial charge in [0.05, 0.1) is 13.2 Å². The lowest BCUT2D eigenvalue weighted by atomic mass is 9.81. The van der Waals surface area contributed by atoms with E-state index in [0.717, 1.165) is 27.6 Å². The molecule has 1 aliphatic carbocycles. The lowest BCUT2D eigenvalue weighted by molar-refractivity contribution is -0.0828. The Morgan fingerprint density at radius 2 is 2.44 bits per heavy atom. The third kappa shape index (κ3) is 2.62. The van der Waals surface area contributed by atoms with Crippen molar-refractivity contribution < 1.29 is 13.7 Å². The lowest BCUT2D eigenvalue weighted by Crippen LogP contribution is -2.52. The maximum Gasteiger partial charge on any atom is 0.341 e. The molecule has 2 atom stereocenters. The summed E-state index contributed by atoms with van der Waals surface area (Å²) >= 11 is 0. The van der Waals surface area contributed by atoms with Crippen LogP contribution in [0.2, 0.25) is 0 Å². The van der Waals surface area contributed by atoms with Crippen molar-refractivity contribution in [1.29, 1.82) is 0 Å². The number of aromatic amines is 1. The van der Waals surface area contributed by atoms with Crippen molar-refractivity contribution in [3.05, 3.63) is 41.6 Å². The van der Waals surface area contributed by atoms with Gasteiger partial charge in [0.25, 0.3) is 0 Å². The van der Waals surface area contributed by atoms with Crippen molar-refractivity contribution in [1.82, 2.24) is 20.3 Å². The van der Waals surface area contributed by atoms with E-state index in [2.05, 4.69) is 10.3 Å². The van der Waals surface area contributed by atoms with E-state index in [-0.39, 0.29) is 18.6 Å². The summed E-state index contributed by atoms with van der Waals surface area (Å²) in [4.78, 5) is 22.3. The van der Waals surface area contributed by atoms with Crippen LogP contribution in [0.4, 0.5) is 4.79 Å². The van der Waals surface area contributed by atoms with Gasteiger partial charge in [-0.3, -0.25) is 9.74 Å². The third-order valence-corrected chi connectivity index (χ3v) is 5.06. The molecule has 4 rings (SSSR count). The minimum absolute atomic E-state index is 0.216. The first-order chi connectivity index (χ1) is 13.3. The van der Waals surface area contributed by atoms with Crippen molar-refractivity contribution in [3.8, 4) is 0 Å². The van der Waals surface area contributed by atoms with Crippen LogP contribution >= 0.6 is 0 Å². The number of urea groups is 1. The second kappa shape index (κ2) is 6.20. The van der Waals surface area contributed by atoms with E-state index in [0.29, 0.717) is 13.0 Å². The van der Waals surface area contributed by atoms with E-state index in [4.69, 9.17) is 8.95 Å². The van der Waals surface area contributed by atoms with Crippen molar-refractivity contribution in [2.45, 2.75) is 25.4 Å². The minimum atomic E-state index is -2.26. The van der Waals surface area contributed by atoms with Gasteiger partial charge in [-0.2, -0.15) is 0 Å². The van der Waals surface area contributed by atoms with E-state index in [9.17, 15) is 4.79 Å². The zero-order chi connectivity index (χ0) is 20.1. The van der Waals surface area contributed by atoms with Crippen molar-refractivity contribution in [2.75, 3.05) is 27.2 Å². The Morgan fingerprint density at radius 3 is 3.20 bits per heavy atom. The zero-order valence-electron chi connectivity index (χ0n) is 17.4. The van der Waals surface area contributed by atoms with Gasteiger partial charge in [-0.25, -0.2) is 9.86 Å². The number of rotatable bonds is 3. The van der Waals surface area contributed by atoms with Crippen LogP contribution in [0.25, 0.3) is 16.5 Å². The molecule has 132 valence electrons. The first kappa shape index (κ1) is 13.0. The van der Waals surface area contributed by atoms with Gasteiger partial charge >= 0.3 is 6.03 Å². The minimum Gasteiger partial charge on any atom is -0.361 e. The highest BCUT2D eigenvalue weighted by Crippen LogP contribution is 2.39. The average Bonchev–Trinajstić information content (AvgIpc) is 3.06. The lowest BCUT2D eigenvalue weighted by Gasteiger charge is -2.40. The van der Waals surface area contributed by atoms with Crippen molar-refractivity contribution in [2.24, 2.45) is 0 Å². The maximum absolute atomic E-state index is 12.4. The molecule has 0 saturated heterocycles. The molecule has 2 heterocycles. The van der Waals surface area contributed by atoms with Gasteiger partial charge in [-0.05, 0) is 43.1 Å². The summed E-state index contributed by atoms with van der Waals surface area (Å²) in [6, 6.07) is 4.94. The molecule has 0 spiro atoms. The monoisotopic (exact) mass is 343 g/mol. The van der Waals surface area contributed by atoms with Crippen molar-refractivity contribution in [3.63, 3.8) is 0 Å². The third-order valence-electron chi connectivity index (χ3n) is 5.06. The topological polar surface area (TPSA) is 60.6 Å². The Bertz CT molecular complexity index is 933. The van der Waals surface area contributed by atoms with E-state index in [1.165, 1.54) is 17.1 Å². The van der Waals surface area contributed by atoms with Gasteiger partial charge in [-0.1, -0.05) is 18.2 Å². The predicted molar refractivity (Wildman–Crippen MR) is 98.1 cm³/mol. The molecule has 1 aromatic carbocycles. The highest BCUT2D eigenvalue weighted by molar-refractivity contribution is 5.98. The van der Waals surface area contributed by atoms with Gasteiger partial charge in [0, 0.05) is 40.3 Å². The first-order valence-electron chi connectivity index (χ1n) is 10.0. The molecule has 6 heteroatoms. The van der Waals surface area contributed by atoms with Crippen LogP contribution in [-0.4, -0.2) is 60.2 Å². The van der Waals surface area contributed by atoms with E-state index < -0.39 is 13.0 Å². The molecule has 2 amide bonds. The van der Waals surface area contributed by atoms with Gasteiger partial charge < -0.3 is 10.3 Å². The molecule has 0 saturated carbocycles. The van der Waals surface area contributed by atoms with Crippen LogP contribution < -0.4 is 5.32 Å². The fourth-order valence-electron chi connectivity index (χ4n) is 3.92. The number of benzene rings is 1. The second-order valence-electron chi connectivity index (χ2n) is 6.47. The number of fused-ring (bicyclic) bond motifs is 2. The molecule has 0 bridgehead atoms. The van der Waals surface area contributed by atoms with Crippen LogP contribution in [0.1, 0.15) is 22.2 Å². The first-order valence-corrected chi connectivity index (χ1v) is 8.53. The standard InChI is InChI=1S/C19H24N4O2/c1-4-23(25-3)19(24)21-13-9-15-14-6-5-7-16-18(14)12(10-20-16)8-17(15)22(2)11-13/h5-7,9-10,13,17,20H,4,8,11H2,1-3H3,(H,21,24)/t13-,17-/m1/s1/i2D3. The van der Waals surface area contributed by atoms with Gasteiger partial charge in [0.1, 0.15) is 0 Å². The molecule has 25 heavy (non-hydrogen) atoms. The predicted octanol–water partition coefficient (Wildman–Crippen LogP) is 2.38. The Morgan fingerprint density at radius 1 is 1.56 bits per heavy atom. The number of hydrogen-bond acceptors (Lipinski definition) is 3. The van der Waals surface area contributed by atoms with Crippen LogP contribution in [0.5, 0.6) is 0 Å². The van der Waals surface area contributed by atoms with E-state index in [1.807, 2.05) is 37.4 Å². The number of likely N-dealkylation sites (N-methyl/N-ethyl adjacent to an activating group) is 1. The molecule has 0 fully saturated rings. The summed E-state index contributed by atoms with van der Waals surface area (Å²) in [5.74, 6) is 0. The largest absolute Gasteiger partial charge is 0.361 e. The molecule has 0 unspecified atom stereocenters. The Kier molecular flexibility index (Phi) is 3.22. The Balaban J connectivity index is 1.75. The van der Waals surface area contributed by atoms with E-state index in [1.54, 1.807) is 0 Å². The number of hydrogen-bond donors (Lipinski definition) is 2. The number of H-pyrrole nitrogens is 1. The summed E-state index contributed by atoms with van der Waals surface area (Å²) in [5, 5.41) is 5.23. The fourth-order valence-corrected chi connectivity index (χ4v) is 3.92. The number of carbonyl (C=O) groups is 1. The quantitative estimate of drug-likeness (QED) is 0.841. The van der Waals surface area contributed by atoms with Crippen LogP contribution in [0.15, 0.2) is 30.5 Å². The number of carbonyl (C=O) groups excluding carboxylic acids is 1. The molecule has 2 N–H and O–H groups in total. The smallest absolute Gasteiger partial charge is 0.341 e. The number of aromatic nitrogens is 1. The number of nitrogens with zero attached hydrogens (tertiary/aromatic N) is 2. The molecule has 2 aliphatic rings. The summed E-state index contributed by atoms with van der Waals surface area (Å²) in [6.45, 7) is 0.152. The summed E-state index contributed by atoms with van der Waals surface area (Å²) in [7, 11) is 1.43. The molecule has 1 aliphatic heterocycles. The molecule has 1 aromatic heterocycles. The molecular weight excluding hydrogens is 316 g/mol. The van der Waals surface area contributed by atoms with Crippen LogP contribution in [0, 0.1) is 0 Å². The fraction of sp³-hybridized carbons (Fsp3) is 0.421. The molecule has 2 aromatic rings. The number of hydroxylamine groups is 2. The number of amides is 2. The van der Waals surface area contributed by atoms with Gasteiger partial charge in [-0.15, -0.1) is 0 Å². The molecular formula is C19H24N4O2. The number of nitrogens with one attached hydrogen (secondary N) is 2. The summed E-state index contributed by atoms with van der Waals surface area (Å²) in [5.41, 5.74) is 4.14. The van der Waals surface area contributed by atoms with Gasteiger partial charge in [0.2, 0.25) is 0 Å². The van der Waals surface area contributed by atoms with Crippen LogP contribution in [-0.2, 0) is 11.3 Å². The molecule has 6 nitrogen and oxygen atoms in total. The normalized spacial score (nSPS) is 24.7. The molecule has 0 radical (unpaired) electrons. The zero-order valence-corrected chi connectivity index (χ0v) is 14.4. The summed E-state index contributed by atoms with van der Waals surface area (Å²) < 4.78 is 24.1. The van der Waals surface area contributed by atoms with Crippen molar-refractivity contribution >= 4 is 22.5 Å². The highest BCUT2D eigenvalue weighted by atomic mass is 16.7. The Labute approximate surface area is 151 Å². The second-order valence-corrected chi connectivity index (χ2v) is 6.47.